The molecule has 0 aliphatic rings. The van der Waals surface area contributed by atoms with Crippen LogP contribution in [0, 0.1) is 0 Å². The quantitative estimate of drug-likeness (QED) is 0.542. The van der Waals surface area contributed by atoms with Crippen LogP contribution in [-0.2, 0) is 0 Å². The normalized spacial score (nSPS) is 9.62. The van der Waals surface area contributed by atoms with Gasteiger partial charge in [-0.2, -0.15) is 0 Å². The summed E-state index contributed by atoms with van der Waals surface area (Å²) in [5.41, 5.74) is 0.960. The van der Waals surface area contributed by atoms with Gasteiger partial charge in [-0.25, -0.2) is 0 Å². The number of rotatable bonds is 0. The Hall–Kier alpha value is 0.559. The number of hydrogen-bond acceptors (Lipinski definition) is 2. The Labute approximate surface area is 116 Å². The first-order valence-electron chi connectivity index (χ1n) is 3.34. The summed E-state index contributed by atoms with van der Waals surface area (Å²) < 4.78 is 1.93. The second-order valence-corrected chi connectivity index (χ2v) is 4.07. The summed E-state index contributed by atoms with van der Waals surface area (Å²) >= 11 is 6.30. The van der Waals surface area contributed by atoms with E-state index < -0.39 is 0 Å². The van der Waals surface area contributed by atoms with Crippen molar-refractivity contribution < 1.29 is 31.0 Å². The standard InChI is InChI=1S/C8H4BrN2Se.Na.H/c9-5-1-2-7-6(3-5)8(12)11-4-10-7;;/h1-4H;;/q;+1;-1. The Balaban J connectivity index is 0.000000845. The third-order valence-electron chi connectivity index (χ3n) is 1.56. The maximum atomic E-state index is 4.13. The topological polar surface area (TPSA) is 25.8 Å². The van der Waals surface area contributed by atoms with E-state index in [1.54, 1.807) is 6.33 Å². The molecule has 2 nitrogen and oxygen atoms in total. The molecule has 0 atom stereocenters. The zero-order valence-electron chi connectivity index (χ0n) is 7.99. The van der Waals surface area contributed by atoms with Crippen LogP contribution in [0.4, 0.5) is 0 Å². The second-order valence-electron chi connectivity index (χ2n) is 2.34. The molecule has 1 heterocycles. The van der Waals surface area contributed by atoms with E-state index in [1.165, 1.54) is 0 Å². The molecular weight excluding hydrogens is 306 g/mol. The number of hydrogen-bond donors (Lipinski definition) is 0. The van der Waals surface area contributed by atoms with Crippen LogP contribution >= 0.6 is 15.9 Å². The number of nitrogens with zero attached hydrogens (tertiary/aromatic N) is 2. The molecule has 61 valence electrons. The van der Waals surface area contributed by atoms with E-state index in [9.17, 15) is 0 Å². The molecule has 0 saturated heterocycles. The SMILES string of the molecule is [H-].[Na+].[Se]c1ncnc2ccc(Br)cc12. The van der Waals surface area contributed by atoms with Crippen LogP contribution in [0.15, 0.2) is 29.0 Å². The average Bonchev–Trinajstić information content (AvgIpc) is 2.07. The summed E-state index contributed by atoms with van der Waals surface area (Å²) in [6.45, 7) is 0. The molecule has 2 aromatic rings. The van der Waals surface area contributed by atoms with E-state index in [0.717, 1.165) is 20.0 Å². The van der Waals surface area contributed by atoms with Gasteiger partial charge in [0.2, 0.25) is 0 Å². The summed E-state index contributed by atoms with van der Waals surface area (Å²) in [4.78, 5) is 8.19. The molecule has 5 heteroatoms. The molecule has 0 spiro atoms. The first kappa shape index (κ1) is 11.6. The summed E-state index contributed by atoms with van der Waals surface area (Å²) in [6.07, 6.45) is 1.56. The van der Waals surface area contributed by atoms with Crippen LogP contribution in [-0.4, -0.2) is 26.0 Å². The van der Waals surface area contributed by atoms with Gasteiger partial charge in [-0.15, -0.1) is 0 Å². The monoisotopic (exact) mass is 311 g/mol. The van der Waals surface area contributed by atoms with E-state index in [2.05, 4.69) is 41.9 Å². The van der Waals surface area contributed by atoms with Crippen molar-refractivity contribution in [3.05, 3.63) is 29.0 Å². The molecule has 0 bridgehead atoms. The molecular formula is C8H5BrN2NaSe. The van der Waals surface area contributed by atoms with E-state index in [-0.39, 0.29) is 31.0 Å². The zero-order chi connectivity index (χ0) is 8.55. The zero-order valence-corrected chi connectivity index (χ0v) is 12.3. The van der Waals surface area contributed by atoms with Crippen molar-refractivity contribution in [3.63, 3.8) is 0 Å². The van der Waals surface area contributed by atoms with Crippen molar-refractivity contribution in [2.45, 2.75) is 0 Å². The van der Waals surface area contributed by atoms with Crippen molar-refractivity contribution in [2.24, 2.45) is 0 Å². The van der Waals surface area contributed by atoms with Gasteiger partial charge in [0.25, 0.3) is 0 Å². The van der Waals surface area contributed by atoms with Crippen molar-refractivity contribution in [1.29, 1.82) is 0 Å². The Kier molecular flexibility index (Phi) is 4.36. The van der Waals surface area contributed by atoms with Gasteiger partial charge in [-0.1, -0.05) is 0 Å². The van der Waals surface area contributed by atoms with E-state index in [4.69, 9.17) is 0 Å². The fourth-order valence-corrected chi connectivity index (χ4v) is 1.81. The summed E-state index contributed by atoms with van der Waals surface area (Å²) in [5, 5.41) is 1.05. The molecule has 0 saturated carbocycles. The molecule has 1 aromatic carbocycles. The predicted octanol–water partition coefficient (Wildman–Crippen LogP) is -1.70. The molecule has 2 rings (SSSR count). The molecule has 0 fully saturated rings. The van der Waals surface area contributed by atoms with E-state index >= 15 is 0 Å². The van der Waals surface area contributed by atoms with Crippen LogP contribution in [0.25, 0.3) is 10.9 Å². The summed E-state index contributed by atoms with van der Waals surface area (Å²) in [6, 6.07) is 5.93. The third-order valence-corrected chi connectivity index (χ3v) is 2.74. The van der Waals surface area contributed by atoms with Gasteiger partial charge in [0, 0.05) is 0 Å². The number of benzene rings is 1. The molecule has 0 unspecified atom stereocenters. The van der Waals surface area contributed by atoms with E-state index in [1.807, 2.05) is 18.2 Å². The maximum absolute atomic E-state index is 4.13. The molecule has 0 aliphatic carbocycles. The number of aromatic nitrogens is 2. The summed E-state index contributed by atoms with van der Waals surface area (Å²) in [7, 11) is 0. The molecule has 1 radical (unpaired) electrons. The predicted molar refractivity (Wildman–Crippen MR) is 53.7 cm³/mol. The Morgan fingerprint density at radius 3 is 2.85 bits per heavy atom. The number of fused-ring (bicyclic) bond motifs is 1. The van der Waals surface area contributed by atoms with Gasteiger partial charge in [0.05, 0.1) is 0 Å². The fraction of sp³-hybridized carbons (Fsp3) is 0. The molecule has 13 heavy (non-hydrogen) atoms. The first-order chi connectivity index (χ1) is 5.77. The van der Waals surface area contributed by atoms with Crippen LogP contribution in [0.3, 0.4) is 0 Å². The Morgan fingerprint density at radius 1 is 1.31 bits per heavy atom. The van der Waals surface area contributed by atoms with Crippen LogP contribution in [0.2, 0.25) is 0 Å². The second kappa shape index (κ2) is 4.87. The third kappa shape index (κ3) is 2.52. The van der Waals surface area contributed by atoms with Gasteiger partial charge in [-0.3, -0.25) is 0 Å². The molecule has 0 aliphatic heterocycles. The van der Waals surface area contributed by atoms with Crippen molar-refractivity contribution in [3.8, 4) is 0 Å². The van der Waals surface area contributed by atoms with Crippen LogP contribution < -0.4 is 34.1 Å². The summed E-state index contributed by atoms with van der Waals surface area (Å²) in [5.74, 6) is 0. The molecule has 0 N–H and O–H groups in total. The minimum absolute atomic E-state index is 0. The number of halogens is 1. The van der Waals surface area contributed by atoms with Crippen LogP contribution in [0.5, 0.6) is 0 Å². The molecule has 0 amide bonds. The first-order valence-corrected chi connectivity index (χ1v) is 4.99. The fourth-order valence-electron chi connectivity index (χ4n) is 1.01. The van der Waals surface area contributed by atoms with Gasteiger partial charge in [0.15, 0.2) is 0 Å². The van der Waals surface area contributed by atoms with Gasteiger partial charge < -0.3 is 1.43 Å². The van der Waals surface area contributed by atoms with E-state index in [0.29, 0.717) is 0 Å². The van der Waals surface area contributed by atoms with Gasteiger partial charge in [-0.05, 0) is 0 Å². The van der Waals surface area contributed by atoms with Crippen molar-refractivity contribution in [2.75, 3.05) is 0 Å². The molecule has 1 aromatic heterocycles. The Bertz CT molecular complexity index is 441. The Morgan fingerprint density at radius 2 is 2.08 bits per heavy atom. The minimum atomic E-state index is 0. The van der Waals surface area contributed by atoms with Crippen LogP contribution in [0.1, 0.15) is 1.43 Å². The van der Waals surface area contributed by atoms with Gasteiger partial charge >= 0.3 is 116 Å². The average molecular weight is 311 g/mol. The van der Waals surface area contributed by atoms with Crippen molar-refractivity contribution in [1.82, 2.24) is 9.97 Å². The van der Waals surface area contributed by atoms with Crippen molar-refractivity contribution >= 4 is 47.4 Å². The van der Waals surface area contributed by atoms with Gasteiger partial charge in [0.1, 0.15) is 0 Å².